The molecule has 1 heterocycles. The molecule has 102 valence electrons. The van der Waals surface area contributed by atoms with Gasteiger partial charge in [0.1, 0.15) is 0 Å². The van der Waals surface area contributed by atoms with Crippen molar-refractivity contribution in [1.82, 2.24) is 0 Å². The minimum atomic E-state index is -0.149. The summed E-state index contributed by atoms with van der Waals surface area (Å²) in [6.45, 7) is 0. The smallest absolute Gasteiger partial charge is 0.232 e. The largest absolute Gasteiger partial charge is 0.325 e. The summed E-state index contributed by atoms with van der Waals surface area (Å²) in [5.74, 6) is -0.0972. The quantitative estimate of drug-likeness (QED) is 0.855. The summed E-state index contributed by atoms with van der Waals surface area (Å²) >= 11 is 7.75. The van der Waals surface area contributed by atoms with Crippen LogP contribution in [-0.4, -0.2) is 12.2 Å². The van der Waals surface area contributed by atoms with E-state index in [0.717, 1.165) is 16.8 Å². The van der Waals surface area contributed by atoms with Crippen LogP contribution in [0.3, 0.4) is 0 Å². The molecule has 2 nitrogen and oxygen atoms in total. The van der Waals surface area contributed by atoms with Crippen molar-refractivity contribution in [1.29, 1.82) is 0 Å². The second kappa shape index (κ2) is 5.51. The zero-order valence-corrected chi connectivity index (χ0v) is 12.6. The molecule has 0 spiro atoms. The molecular formula is C16H14ClNOS. The number of benzene rings is 2. The first kappa shape index (κ1) is 13.5. The van der Waals surface area contributed by atoms with E-state index in [0.29, 0.717) is 11.4 Å². The lowest BCUT2D eigenvalue weighted by molar-refractivity contribution is -0.117. The van der Waals surface area contributed by atoms with Gasteiger partial charge in [-0.2, -0.15) is 0 Å². The van der Waals surface area contributed by atoms with Gasteiger partial charge >= 0.3 is 0 Å². The summed E-state index contributed by atoms with van der Waals surface area (Å²) in [6.07, 6.45) is 2.76. The van der Waals surface area contributed by atoms with Crippen LogP contribution in [0.1, 0.15) is 17.0 Å². The van der Waals surface area contributed by atoms with E-state index in [1.54, 1.807) is 17.8 Å². The Morgan fingerprint density at radius 2 is 1.95 bits per heavy atom. The van der Waals surface area contributed by atoms with Crippen molar-refractivity contribution in [2.75, 3.05) is 11.6 Å². The first-order valence-electron chi connectivity index (χ1n) is 6.40. The number of hydrogen-bond acceptors (Lipinski definition) is 2. The molecule has 1 amide bonds. The number of halogens is 1. The Morgan fingerprint density at radius 3 is 2.65 bits per heavy atom. The number of carbonyl (C=O) groups excluding carboxylic acids is 1. The zero-order chi connectivity index (χ0) is 14.1. The van der Waals surface area contributed by atoms with Crippen molar-refractivity contribution in [2.24, 2.45) is 0 Å². The van der Waals surface area contributed by atoms with Crippen LogP contribution in [0.25, 0.3) is 0 Å². The Hall–Kier alpha value is -1.45. The maximum absolute atomic E-state index is 12.1. The Balaban J connectivity index is 1.87. The minimum absolute atomic E-state index is 0.0520. The van der Waals surface area contributed by atoms with E-state index >= 15 is 0 Å². The summed E-state index contributed by atoms with van der Waals surface area (Å²) in [7, 11) is 0. The molecule has 1 atom stereocenters. The third kappa shape index (κ3) is 2.56. The molecule has 1 N–H and O–H groups in total. The number of hydrogen-bond donors (Lipinski definition) is 1. The molecule has 0 unspecified atom stereocenters. The molecule has 0 fully saturated rings. The Kier molecular flexibility index (Phi) is 3.72. The van der Waals surface area contributed by atoms with E-state index in [-0.39, 0.29) is 11.8 Å². The van der Waals surface area contributed by atoms with E-state index in [1.807, 2.05) is 12.1 Å². The Morgan fingerprint density at radius 1 is 1.20 bits per heavy atom. The molecule has 3 rings (SSSR count). The van der Waals surface area contributed by atoms with Gasteiger partial charge in [0.25, 0.3) is 0 Å². The molecule has 1 aliphatic heterocycles. The van der Waals surface area contributed by atoms with Gasteiger partial charge in [0.2, 0.25) is 5.91 Å². The number of fused-ring (bicyclic) bond motifs is 1. The second-order valence-corrected chi connectivity index (χ2v) is 6.14. The monoisotopic (exact) mass is 303 g/mol. The number of rotatable bonds is 3. The third-order valence-corrected chi connectivity index (χ3v) is 4.54. The first-order chi connectivity index (χ1) is 9.67. The van der Waals surface area contributed by atoms with Gasteiger partial charge in [0, 0.05) is 15.6 Å². The molecule has 0 saturated carbocycles. The standard InChI is InChI=1S/C16H14ClNOS/c1-20-12-5-2-10(3-6-12)8-14-13-9-11(17)4-7-15(13)18-16(14)19/h2-7,9,14H,8H2,1H3,(H,18,19)/t14-/m1/s1. The van der Waals surface area contributed by atoms with E-state index in [2.05, 4.69) is 35.8 Å². The molecule has 0 saturated heterocycles. The summed E-state index contributed by atoms with van der Waals surface area (Å²) in [4.78, 5) is 13.3. The summed E-state index contributed by atoms with van der Waals surface area (Å²) in [5, 5.41) is 3.59. The van der Waals surface area contributed by atoms with Gasteiger partial charge in [0.15, 0.2) is 0 Å². The van der Waals surface area contributed by atoms with Crippen molar-refractivity contribution in [2.45, 2.75) is 17.2 Å². The number of amides is 1. The Labute approximate surface area is 127 Å². The predicted octanol–water partition coefficient (Wildman–Crippen LogP) is 4.34. The molecule has 1 aliphatic rings. The molecule has 0 aromatic heterocycles. The van der Waals surface area contributed by atoms with E-state index in [9.17, 15) is 4.79 Å². The highest BCUT2D eigenvalue weighted by molar-refractivity contribution is 7.98. The minimum Gasteiger partial charge on any atom is -0.325 e. The van der Waals surface area contributed by atoms with Gasteiger partial charge in [0.05, 0.1) is 5.92 Å². The lowest BCUT2D eigenvalue weighted by atomic mass is 9.93. The molecule has 4 heteroatoms. The number of nitrogens with one attached hydrogen (secondary N) is 1. The highest BCUT2D eigenvalue weighted by atomic mass is 35.5. The average Bonchev–Trinajstić information content (AvgIpc) is 2.76. The lowest BCUT2D eigenvalue weighted by Gasteiger charge is -2.09. The van der Waals surface area contributed by atoms with Crippen LogP contribution in [-0.2, 0) is 11.2 Å². The second-order valence-electron chi connectivity index (χ2n) is 4.83. The predicted molar refractivity (Wildman–Crippen MR) is 84.7 cm³/mol. The normalized spacial score (nSPS) is 16.9. The molecule has 2 aromatic carbocycles. The number of carbonyl (C=O) groups is 1. The molecule has 0 bridgehead atoms. The number of anilines is 1. The SMILES string of the molecule is CSc1ccc(C[C@H]2C(=O)Nc3ccc(Cl)cc32)cc1. The van der Waals surface area contributed by atoms with Crippen molar-refractivity contribution in [3.8, 4) is 0 Å². The number of thioether (sulfide) groups is 1. The zero-order valence-electron chi connectivity index (χ0n) is 11.0. The van der Waals surface area contributed by atoms with Crippen molar-refractivity contribution < 1.29 is 4.79 Å². The average molecular weight is 304 g/mol. The lowest BCUT2D eigenvalue weighted by Crippen LogP contribution is -2.14. The van der Waals surface area contributed by atoms with Gasteiger partial charge in [-0.25, -0.2) is 0 Å². The molecule has 0 radical (unpaired) electrons. The van der Waals surface area contributed by atoms with Crippen molar-refractivity contribution >= 4 is 35.0 Å². The van der Waals surface area contributed by atoms with E-state index in [4.69, 9.17) is 11.6 Å². The summed E-state index contributed by atoms with van der Waals surface area (Å²) < 4.78 is 0. The third-order valence-electron chi connectivity index (χ3n) is 3.56. The first-order valence-corrected chi connectivity index (χ1v) is 8.01. The molecular weight excluding hydrogens is 290 g/mol. The van der Waals surface area contributed by atoms with E-state index in [1.165, 1.54) is 4.90 Å². The van der Waals surface area contributed by atoms with Crippen LogP contribution < -0.4 is 5.32 Å². The van der Waals surface area contributed by atoms with Crippen molar-refractivity contribution in [3.05, 3.63) is 58.6 Å². The fourth-order valence-corrected chi connectivity index (χ4v) is 3.09. The van der Waals surface area contributed by atoms with Gasteiger partial charge < -0.3 is 5.32 Å². The van der Waals surface area contributed by atoms with Crippen LogP contribution in [0.2, 0.25) is 5.02 Å². The topological polar surface area (TPSA) is 29.1 Å². The molecule has 2 aromatic rings. The van der Waals surface area contributed by atoms with Crippen LogP contribution in [0, 0.1) is 0 Å². The van der Waals surface area contributed by atoms with Gasteiger partial charge in [-0.15, -0.1) is 11.8 Å². The van der Waals surface area contributed by atoms with Gasteiger partial charge in [-0.05, 0) is 54.1 Å². The maximum atomic E-state index is 12.1. The molecule has 0 aliphatic carbocycles. The summed E-state index contributed by atoms with van der Waals surface area (Å²) in [5.41, 5.74) is 3.04. The van der Waals surface area contributed by atoms with E-state index < -0.39 is 0 Å². The van der Waals surface area contributed by atoms with Crippen LogP contribution in [0.15, 0.2) is 47.4 Å². The maximum Gasteiger partial charge on any atom is 0.232 e. The highest BCUT2D eigenvalue weighted by Crippen LogP contribution is 2.36. The fraction of sp³-hybridized carbons (Fsp3) is 0.188. The van der Waals surface area contributed by atoms with Crippen LogP contribution in [0.4, 0.5) is 5.69 Å². The molecule has 20 heavy (non-hydrogen) atoms. The van der Waals surface area contributed by atoms with Gasteiger partial charge in [-0.3, -0.25) is 4.79 Å². The Bertz CT molecular complexity index is 654. The van der Waals surface area contributed by atoms with Crippen molar-refractivity contribution in [3.63, 3.8) is 0 Å². The van der Waals surface area contributed by atoms with Gasteiger partial charge in [-0.1, -0.05) is 23.7 Å². The highest BCUT2D eigenvalue weighted by Gasteiger charge is 2.30. The van der Waals surface area contributed by atoms with Crippen LogP contribution in [0.5, 0.6) is 0 Å². The van der Waals surface area contributed by atoms with Crippen LogP contribution >= 0.6 is 23.4 Å². The summed E-state index contributed by atoms with van der Waals surface area (Å²) in [6, 6.07) is 13.9. The fourth-order valence-electron chi connectivity index (χ4n) is 2.50.